The first-order valence-corrected chi connectivity index (χ1v) is 12.0. The van der Waals surface area contributed by atoms with E-state index in [2.05, 4.69) is 44.1 Å². The number of aryl methyl sites for hydroxylation is 1. The fraction of sp³-hybridized carbons (Fsp3) is 0.500. The predicted molar refractivity (Wildman–Crippen MR) is 133 cm³/mol. The van der Waals surface area contributed by atoms with Crippen molar-refractivity contribution in [2.75, 3.05) is 6.26 Å². The molecular formula is C22H30IN3O3S. The van der Waals surface area contributed by atoms with Gasteiger partial charge in [0.15, 0.2) is 0 Å². The van der Waals surface area contributed by atoms with Crippen molar-refractivity contribution in [2.24, 2.45) is 5.16 Å². The largest absolute Gasteiger partial charge is 0.470 e. The van der Waals surface area contributed by atoms with Crippen molar-refractivity contribution in [2.45, 2.75) is 64.5 Å². The van der Waals surface area contributed by atoms with Crippen LogP contribution in [-0.4, -0.2) is 39.9 Å². The van der Waals surface area contributed by atoms with E-state index in [-0.39, 0.29) is 11.5 Å². The van der Waals surface area contributed by atoms with Crippen molar-refractivity contribution in [1.29, 1.82) is 0 Å². The molecule has 0 aliphatic rings. The van der Waals surface area contributed by atoms with Crippen LogP contribution in [0.3, 0.4) is 0 Å². The number of pyridine rings is 1. The molecule has 1 heterocycles. The van der Waals surface area contributed by atoms with E-state index >= 15 is 0 Å². The van der Waals surface area contributed by atoms with Crippen LogP contribution in [0.4, 0.5) is 0 Å². The molecule has 30 heavy (non-hydrogen) atoms. The Labute approximate surface area is 196 Å². The van der Waals surface area contributed by atoms with Gasteiger partial charge in [0, 0.05) is 33.3 Å². The lowest BCUT2D eigenvalue weighted by Crippen LogP contribution is -2.48. The molecule has 0 aliphatic heterocycles. The summed E-state index contributed by atoms with van der Waals surface area (Å²) in [6.07, 6.45) is 5.91. The second-order valence-corrected chi connectivity index (χ2v) is 10.9. The molecule has 2 rings (SSSR count). The number of aromatic nitrogens is 1. The molecule has 164 valence electrons. The number of rotatable bonds is 8. The van der Waals surface area contributed by atoms with Crippen LogP contribution >= 0.6 is 34.4 Å². The van der Waals surface area contributed by atoms with Gasteiger partial charge in [-0.2, -0.15) is 0 Å². The lowest BCUT2D eigenvalue weighted by Gasteiger charge is -2.27. The summed E-state index contributed by atoms with van der Waals surface area (Å²) in [5.41, 5.74) is 0.450. The average molecular weight is 543 g/mol. The molecule has 8 heteroatoms. The lowest BCUT2D eigenvalue weighted by molar-refractivity contribution is -0.126. The summed E-state index contributed by atoms with van der Waals surface area (Å²) >= 11 is 3.59. The highest BCUT2D eigenvalue weighted by Gasteiger charge is 2.26. The van der Waals surface area contributed by atoms with Crippen molar-refractivity contribution in [3.8, 4) is 5.75 Å². The number of oxime groups is 1. The number of thioether (sulfide) groups is 1. The Morgan fingerprint density at radius 1 is 1.30 bits per heavy atom. The number of hydrogen-bond donors (Lipinski definition) is 1. The van der Waals surface area contributed by atoms with E-state index in [0.29, 0.717) is 12.2 Å². The van der Waals surface area contributed by atoms with Crippen molar-refractivity contribution in [1.82, 2.24) is 10.3 Å². The molecule has 1 aromatic carbocycles. The summed E-state index contributed by atoms with van der Waals surface area (Å²) < 4.78 is 7.08. The first-order valence-electron chi connectivity index (χ1n) is 9.67. The second-order valence-electron chi connectivity index (χ2n) is 8.72. The summed E-state index contributed by atoms with van der Waals surface area (Å²) in [4.78, 5) is 22.7. The minimum atomic E-state index is -0.667. The average Bonchev–Trinajstić information content (AvgIpc) is 2.61. The number of halogens is 1. The van der Waals surface area contributed by atoms with Crippen LogP contribution in [0.5, 0.6) is 5.75 Å². The van der Waals surface area contributed by atoms with Crippen molar-refractivity contribution in [3.63, 3.8) is 0 Å². The van der Waals surface area contributed by atoms with Gasteiger partial charge in [0.1, 0.15) is 11.4 Å². The van der Waals surface area contributed by atoms with Crippen LogP contribution in [-0.2, 0) is 9.63 Å². The molecule has 1 atom stereocenters. The molecule has 2 aromatic rings. The van der Waals surface area contributed by atoms with Crippen LogP contribution in [0.2, 0.25) is 0 Å². The molecule has 1 unspecified atom stereocenters. The van der Waals surface area contributed by atoms with Crippen LogP contribution in [0, 0.1) is 10.5 Å². The van der Waals surface area contributed by atoms with Crippen LogP contribution in [0.15, 0.2) is 29.6 Å². The SMILES string of the molecule is CSC(Oc1cc(C)c2ncc(I)cc2c1)C(=O)NC(C)(C)C/C=N\OC(C)(C)C. The maximum atomic E-state index is 12.8. The number of nitrogens with one attached hydrogen (secondary N) is 1. The van der Waals surface area contributed by atoms with Crippen molar-refractivity contribution < 1.29 is 14.4 Å². The van der Waals surface area contributed by atoms with E-state index < -0.39 is 11.0 Å². The van der Waals surface area contributed by atoms with E-state index in [9.17, 15) is 4.79 Å². The van der Waals surface area contributed by atoms with Gasteiger partial charge in [-0.25, -0.2) is 0 Å². The lowest BCUT2D eigenvalue weighted by atomic mass is 10.0. The molecule has 0 bridgehead atoms. The predicted octanol–water partition coefficient (Wildman–Crippen LogP) is 5.30. The molecular weight excluding hydrogens is 513 g/mol. The smallest absolute Gasteiger partial charge is 0.272 e. The summed E-state index contributed by atoms with van der Waals surface area (Å²) in [6, 6.07) is 5.90. The quantitative estimate of drug-likeness (QED) is 0.212. The van der Waals surface area contributed by atoms with E-state index in [4.69, 9.17) is 9.57 Å². The van der Waals surface area contributed by atoms with Gasteiger partial charge < -0.3 is 14.9 Å². The number of hydrogen-bond acceptors (Lipinski definition) is 6. The molecule has 6 nitrogen and oxygen atoms in total. The molecule has 0 saturated heterocycles. The van der Waals surface area contributed by atoms with Gasteiger partial charge in [-0.15, -0.1) is 11.8 Å². The van der Waals surface area contributed by atoms with E-state index in [1.807, 2.05) is 66.1 Å². The standard InChI is InChI=1S/C22H30IN3O3S/c1-14-10-17(12-15-11-16(23)13-24-18(14)15)28-20(30-7)19(27)26-22(5,6)8-9-25-29-21(2,3)4/h9-13,20H,8H2,1-7H3,(H,26,27)/b25-9-. The Kier molecular flexibility index (Phi) is 8.38. The Bertz CT molecular complexity index is 926. The van der Waals surface area contributed by atoms with Gasteiger partial charge in [0.25, 0.3) is 5.91 Å². The van der Waals surface area contributed by atoms with E-state index in [0.717, 1.165) is 20.0 Å². The van der Waals surface area contributed by atoms with Gasteiger partial charge in [0.05, 0.1) is 5.52 Å². The molecule has 0 radical (unpaired) electrons. The highest BCUT2D eigenvalue weighted by atomic mass is 127. The summed E-state index contributed by atoms with van der Waals surface area (Å²) in [6.45, 7) is 11.7. The second kappa shape index (κ2) is 10.2. The molecule has 0 aliphatic carbocycles. The number of carbonyl (C=O) groups is 1. The highest BCUT2D eigenvalue weighted by Crippen LogP contribution is 2.27. The Hall–Kier alpha value is -1.55. The Balaban J connectivity index is 2.06. The third kappa shape index (κ3) is 7.61. The minimum absolute atomic E-state index is 0.184. The molecule has 1 N–H and O–H groups in total. The van der Waals surface area contributed by atoms with Gasteiger partial charge >= 0.3 is 0 Å². The Morgan fingerprint density at radius 3 is 2.63 bits per heavy atom. The number of benzene rings is 1. The summed E-state index contributed by atoms with van der Waals surface area (Å²) in [5.74, 6) is 0.465. The molecule has 0 fully saturated rings. The first-order chi connectivity index (χ1) is 13.9. The molecule has 0 spiro atoms. The fourth-order valence-electron chi connectivity index (χ4n) is 2.68. The van der Waals surface area contributed by atoms with Crippen molar-refractivity contribution in [3.05, 3.63) is 33.5 Å². The number of amides is 1. The van der Waals surface area contributed by atoms with E-state index in [1.165, 1.54) is 11.8 Å². The van der Waals surface area contributed by atoms with Crippen LogP contribution in [0.1, 0.15) is 46.6 Å². The monoisotopic (exact) mass is 543 g/mol. The van der Waals surface area contributed by atoms with Crippen LogP contribution < -0.4 is 10.1 Å². The fourth-order valence-corrected chi connectivity index (χ4v) is 3.63. The molecule has 1 aromatic heterocycles. The summed E-state index contributed by atoms with van der Waals surface area (Å²) in [7, 11) is 0. The number of fused-ring (bicyclic) bond motifs is 1. The molecule has 0 saturated carbocycles. The number of nitrogens with zero attached hydrogens (tertiary/aromatic N) is 2. The maximum absolute atomic E-state index is 12.8. The zero-order chi connectivity index (χ0) is 22.5. The van der Waals surface area contributed by atoms with Crippen molar-refractivity contribution >= 4 is 57.4 Å². The third-order valence-corrected chi connectivity index (χ3v) is 5.38. The number of carbonyl (C=O) groups excluding carboxylic acids is 1. The normalized spacial score (nSPS) is 13.5. The Morgan fingerprint density at radius 2 is 2.00 bits per heavy atom. The zero-order valence-electron chi connectivity index (χ0n) is 18.6. The number of ether oxygens (including phenoxy) is 1. The third-order valence-electron chi connectivity index (χ3n) is 4.05. The first kappa shape index (κ1) is 24.7. The van der Waals surface area contributed by atoms with Gasteiger partial charge in [-0.1, -0.05) is 5.16 Å². The van der Waals surface area contributed by atoms with Gasteiger partial charge in [-0.3, -0.25) is 9.78 Å². The van der Waals surface area contributed by atoms with Crippen LogP contribution in [0.25, 0.3) is 10.9 Å². The zero-order valence-corrected chi connectivity index (χ0v) is 21.6. The maximum Gasteiger partial charge on any atom is 0.272 e. The van der Waals surface area contributed by atoms with Gasteiger partial charge in [0.2, 0.25) is 5.44 Å². The summed E-state index contributed by atoms with van der Waals surface area (Å²) in [5, 5.41) is 8.03. The minimum Gasteiger partial charge on any atom is -0.470 e. The highest BCUT2D eigenvalue weighted by molar-refractivity contribution is 14.1. The molecule has 1 amide bonds. The van der Waals surface area contributed by atoms with Gasteiger partial charge in [-0.05, 0) is 94.2 Å². The topological polar surface area (TPSA) is 72.8 Å². The van der Waals surface area contributed by atoms with E-state index in [1.54, 1.807) is 6.21 Å².